The first-order valence-electron chi connectivity index (χ1n) is 8.08. The zero-order valence-corrected chi connectivity index (χ0v) is 15.2. The summed E-state index contributed by atoms with van der Waals surface area (Å²) in [6, 6.07) is 22.1. The maximum absolute atomic E-state index is 6.41. The third kappa shape index (κ3) is 3.04. The van der Waals surface area contributed by atoms with Gasteiger partial charge < -0.3 is 4.57 Å². The van der Waals surface area contributed by atoms with Crippen molar-refractivity contribution in [2.45, 2.75) is 13.5 Å². The second kappa shape index (κ2) is 6.55. The molecule has 3 aromatic carbocycles. The van der Waals surface area contributed by atoms with Gasteiger partial charge in [-0.25, -0.2) is 4.98 Å². The van der Waals surface area contributed by atoms with Crippen molar-refractivity contribution in [2.24, 2.45) is 0 Å². The van der Waals surface area contributed by atoms with E-state index in [1.165, 1.54) is 5.56 Å². The standard InChI is InChI=1S/C21H16Cl2N2/c1-14-6-2-3-7-17(14)21-24-19-8-4-5-9-20(19)25(21)13-15-10-11-16(22)12-18(15)23/h2-12H,13H2,1H3. The summed E-state index contributed by atoms with van der Waals surface area (Å²) in [7, 11) is 0. The summed E-state index contributed by atoms with van der Waals surface area (Å²) >= 11 is 12.4. The number of para-hydroxylation sites is 2. The van der Waals surface area contributed by atoms with Crippen LogP contribution in [0.4, 0.5) is 0 Å². The molecule has 25 heavy (non-hydrogen) atoms. The molecule has 0 amide bonds. The average Bonchev–Trinajstić information content (AvgIpc) is 2.96. The van der Waals surface area contributed by atoms with E-state index in [-0.39, 0.29) is 0 Å². The Hall–Kier alpha value is -2.29. The lowest BCUT2D eigenvalue weighted by Crippen LogP contribution is -2.03. The van der Waals surface area contributed by atoms with Gasteiger partial charge in [0.25, 0.3) is 0 Å². The average molecular weight is 367 g/mol. The van der Waals surface area contributed by atoms with Gasteiger partial charge in [-0.1, -0.05) is 65.7 Å². The van der Waals surface area contributed by atoms with Crippen molar-refractivity contribution in [1.82, 2.24) is 9.55 Å². The fourth-order valence-electron chi connectivity index (χ4n) is 3.09. The van der Waals surface area contributed by atoms with E-state index >= 15 is 0 Å². The van der Waals surface area contributed by atoms with Crippen LogP contribution < -0.4 is 0 Å². The van der Waals surface area contributed by atoms with Crippen molar-refractivity contribution in [3.8, 4) is 11.4 Å². The molecule has 0 aliphatic rings. The Kier molecular flexibility index (Phi) is 4.24. The number of fused-ring (bicyclic) bond motifs is 1. The Bertz CT molecular complexity index is 1070. The smallest absolute Gasteiger partial charge is 0.141 e. The number of hydrogen-bond donors (Lipinski definition) is 0. The van der Waals surface area contributed by atoms with E-state index in [0.717, 1.165) is 28.0 Å². The maximum atomic E-state index is 6.41. The summed E-state index contributed by atoms with van der Waals surface area (Å²) in [6.45, 7) is 2.74. The highest BCUT2D eigenvalue weighted by atomic mass is 35.5. The van der Waals surface area contributed by atoms with Gasteiger partial charge in [-0.05, 0) is 42.3 Å². The van der Waals surface area contributed by atoms with Crippen molar-refractivity contribution in [3.63, 3.8) is 0 Å². The minimum atomic E-state index is 0.639. The van der Waals surface area contributed by atoms with Crippen molar-refractivity contribution in [3.05, 3.63) is 87.9 Å². The normalized spacial score (nSPS) is 11.2. The molecule has 2 nitrogen and oxygen atoms in total. The number of benzene rings is 3. The van der Waals surface area contributed by atoms with Gasteiger partial charge in [0.1, 0.15) is 5.82 Å². The molecule has 0 bridgehead atoms. The van der Waals surface area contributed by atoms with Crippen LogP contribution in [0.15, 0.2) is 66.7 Å². The first-order chi connectivity index (χ1) is 12.1. The van der Waals surface area contributed by atoms with E-state index in [2.05, 4.69) is 29.7 Å². The molecule has 0 unspecified atom stereocenters. The van der Waals surface area contributed by atoms with Gasteiger partial charge in [-0.15, -0.1) is 0 Å². The SMILES string of the molecule is Cc1ccccc1-c1nc2ccccc2n1Cc1ccc(Cl)cc1Cl. The van der Waals surface area contributed by atoms with Crippen LogP contribution >= 0.6 is 23.2 Å². The number of aromatic nitrogens is 2. The quantitative estimate of drug-likeness (QED) is 0.412. The summed E-state index contributed by atoms with van der Waals surface area (Å²) in [6.07, 6.45) is 0. The predicted octanol–water partition coefficient (Wildman–Crippen LogP) is 6.37. The van der Waals surface area contributed by atoms with Crippen LogP contribution in [0.3, 0.4) is 0 Å². The third-order valence-electron chi connectivity index (χ3n) is 4.38. The van der Waals surface area contributed by atoms with Crippen LogP contribution in [0.2, 0.25) is 10.0 Å². The molecule has 0 saturated carbocycles. The minimum absolute atomic E-state index is 0.639. The highest BCUT2D eigenvalue weighted by Gasteiger charge is 2.15. The van der Waals surface area contributed by atoms with Gasteiger partial charge in [0.15, 0.2) is 0 Å². The molecule has 1 aromatic heterocycles. The summed E-state index contributed by atoms with van der Waals surface area (Å²) in [5.74, 6) is 0.949. The molecule has 0 aliphatic carbocycles. The van der Waals surface area contributed by atoms with Crippen LogP contribution in [0, 0.1) is 6.92 Å². The highest BCUT2D eigenvalue weighted by molar-refractivity contribution is 6.35. The number of imidazole rings is 1. The van der Waals surface area contributed by atoms with Gasteiger partial charge in [0.2, 0.25) is 0 Å². The molecule has 124 valence electrons. The summed E-state index contributed by atoms with van der Waals surface area (Å²) in [4.78, 5) is 4.88. The van der Waals surface area contributed by atoms with Crippen molar-refractivity contribution in [1.29, 1.82) is 0 Å². The van der Waals surface area contributed by atoms with Crippen LogP contribution in [-0.4, -0.2) is 9.55 Å². The Morgan fingerprint density at radius 1 is 0.920 bits per heavy atom. The number of aryl methyl sites for hydroxylation is 1. The van der Waals surface area contributed by atoms with Crippen LogP contribution in [0.5, 0.6) is 0 Å². The summed E-state index contributed by atoms with van der Waals surface area (Å²) in [5, 5.41) is 1.31. The lowest BCUT2D eigenvalue weighted by Gasteiger charge is -2.12. The molecule has 0 saturated heterocycles. The zero-order valence-electron chi connectivity index (χ0n) is 13.7. The van der Waals surface area contributed by atoms with Gasteiger partial charge in [-0.3, -0.25) is 0 Å². The van der Waals surface area contributed by atoms with E-state index in [4.69, 9.17) is 28.2 Å². The lowest BCUT2D eigenvalue weighted by molar-refractivity contribution is 0.834. The molecule has 4 aromatic rings. The van der Waals surface area contributed by atoms with E-state index < -0.39 is 0 Å². The van der Waals surface area contributed by atoms with Crippen molar-refractivity contribution in [2.75, 3.05) is 0 Å². The van der Waals surface area contributed by atoms with Gasteiger partial charge in [0.05, 0.1) is 17.6 Å². The van der Waals surface area contributed by atoms with Gasteiger partial charge >= 0.3 is 0 Å². The molecule has 4 rings (SSSR count). The molecule has 0 fully saturated rings. The number of halogens is 2. The number of hydrogen-bond acceptors (Lipinski definition) is 1. The van der Waals surface area contributed by atoms with E-state index in [1.807, 2.05) is 42.5 Å². The molecule has 0 spiro atoms. The maximum Gasteiger partial charge on any atom is 0.141 e. The second-order valence-electron chi connectivity index (χ2n) is 6.06. The van der Waals surface area contributed by atoms with E-state index in [0.29, 0.717) is 16.6 Å². The third-order valence-corrected chi connectivity index (χ3v) is 4.97. The van der Waals surface area contributed by atoms with Crippen molar-refractivity contribution < 1.29 is 0 Å². The van der Waals surface area contributed by atoms with Gasteiger partial charge in [-0.2, -0.15) is 0 Å². The molecule has 1 heterocycles. The van der Waals surface area contributed by atoms with Crippen LogP contribution in [-0.2, 0) is 6.54 Å². The molecular weight excluding hydrogens is 351 g/mol. The molecule has 0 N–H and O–H groups in total. The fourth-order valence-corrected chi connectivity index (χ4v) is 3.55. The van der Waals surface area contributed by atoms with E-state index in [9.17, 15) is 0 Å². The Balaban J connectivity index is 1.92. The van der Waals surface area contributed by atoms with Crippen LogP contribution in [0.1, 0.15) is 11.1 Å². The van der Waals surface area contributed by atoms with Gasteiger partial charge in [0, 0.05) is 15.6 Å². The first kappa shape index (κ1) is 16.2. The Morgan fingerprint density at radius 2 is 1.68 bits per heavy atom. The number of rotatable bonds is 3. The van der Waals surface area contributed by atoms with Crippen LogP contribution in [0.25, 0.3) is 22.4 Å². The summed E-state index contributed by atoms with van der Waals surface area (Å²) in [5.41, 5.74) is 5.41. The Morgan fingerprint density at radius 3 is 2.48 bits per heavy atom. The first-order valence-corrected chi connectivity index (χ1v) is 8.84. The Labute approximate surface area is 156 Å². The largest absolute Gasteiger partial charge is 0.319 e. The second-order valence-corrected chi connectivity index (χ2v) is 6.90. The van der Waals surface area contributed by atoms with Crippen molar-refractivity contribution >= 4 is 34.2 Å². The zero-order chi connectivity index (χ0) is 17.4. The minimum Gasteiger partial charge on any atom is -0.319 e. The monoisotopic (exact) mass is 366 g/mol. The van der Waals surface area contributed by atoms with E-state index in [1.54, 1.807) is 6.07 Å². The highest BCUT2D eigenvalue weighted by Crippen LogP contribution is 2.30. The lowest BCUT2D eigenvalue weighted by atomic mass is 10.1. The summed E-state index contributed by atoms with van der Waals surface area (Å²) < 4.78 is 2.22. The molecule has 0 atom stereocenters. The molecular formula is C21H16Cl2N2. The fraction of sp³-hybridized carbons (Fsp3) is 0.0952. The number of nitrogens with zero attached hydrogens (tertiary/aromatic N) is 2. The molecule has 0 aliphatic heterocycles. The predicted molar refractivity (Wildman–Crippen MR) is 105 cm³/mol. The molecule has 0 radical (unpaired) electrons. The molecule has 4 heteroatoms. The topological polar surface area (TPSA) is 17.8 Å².